The molecular weight excluding hydrogens is 322 g/mol. The zero-order valence-electron chi connectivity index (χ0n) is 14.3. The van der Waals surface area contributed by atoms with Gasteiger partial charge in [0, 0.05) is 24.5 Å². The van der Waals surface area contributed by atoms with Gasteiger partial charge in [0.05, 0.1) is 12.1 Å². The zero-order chi connectivity index (χ0) is 16.9. The molecule has 2 saturated heterocycles. The number of nitrogens with one attached hydrogen (secondary N) is 1. The number of carbonyl (C=O) groups excluding carboxylic acids is 1. The third-order valence-corrected chi connectivity index (χ3v) is 5.75. The number of nitrogens with zero attached hydrogens (tertiary/aromatic N) is 2. The maximum atomic E-state index is 12.4. The van der Waals surface area contributed by atoms with E-state index in [4.69, 9.17) is 0 Å². The molecule has 2 heterocycles. The van der Waals surface area contributed by atoms with Crippen molar-refractivity contribution in [2.75, 3.05) is 32.4 Å². The Balaban J connectivity index is 1.49. The minimum atomic E-state index is -0.435. The number of carbonyl (C=O) groups is 1. The summed E-state index contributed by atoms with van der Waals surface area (Å²) in [6.07, 6.45) is 5.28. The van der Waals surface area contributed by atoms with Crippen molar-refractivity contribution in [2.24, 2.45) is 0 Å². The minimum Gasteiger partial charge on any atom is -0.390 e. The first kappa shape index (κ1) is 17.6. The van der Waals surface area contributed by atoms with Crippen LogP contribution in [0.2, 0.25) is 0 Å². The highest BCUT2D eigenvalue weighted by molar-refractivity contribution is 7.98. The molecule has 6 heteroatoms. The summed E-state index contributed by atoms with van der Waals surface area (Å²) in [5.74, 6) is 0. The van der Waals surface area contributed by atoms with E-state index >= 15 is 0 Å². The molecular formula is C18H27N3O2S. The fourth-order valence-corrected chi connectivity index (χ4v) is 3.99. The van der Waals surface area contributed by atoms with Crippen molar-refractivity contribution in [3.8, 4) is 0 Å². The second-order valence-electron chi connectivity index (χ2n) is 6.64. The van der Waals surface area contributed by atoms with Crippen LogP contribution >= 0.6 is 11.8 Å². The van der Waals surface area contributed by atoms with Crippen LogP contribution in [0.15, 0.2) is 29.2 Å². The molecule has 2 amide bonds. The Morgan fingerprint density at radius 2 is 1.92 bits per heavy atom. The van der Waals surface area contributed by atoms with Crippen LogP contribution in [-0.4, -0.2) is 65.5 Å². The Hall–Kier alpha value is -1.24. The number of hydrogen-bond acceptors (Lipinski definition) is 4. The predicted octanol–water partition coefficient (Wildman–Crippen LogP) is 2.15. The Labute approximate surface area is 148 Å². The molecule has 0 aromatic heterocycles. The molecule has 0 aliphatic carbocycles. The van der Waals surface area contributed by atoms with Crippen molar-refractivity contribution in [3.63, 3.8) is 0 Å². The molecule has 2 N–H and O–H groups in total. The smallest absolute Gasteiger partial charge is 0.317 e. The molecule has 0 bridgehead atoms. The molecule has 1 aromatic carbocycles. The van der Waals surface area contributed by atoms with Crippen molar-refractivity contribution < 1.29 is 9.90 Å². The molecule has 2 aliphatic heterocycles. The SMILES string of the molecule is CSc1ccc(CNC(=O)N2C[C@H](O)[C@@H](N3CCCCC3)C2)cc1. The lowest BCUT2D eigenvalue weighted by Crippen LogP contribution is -2.46. The molecule has 5 nitrogen and oxygen atoms in total. The highest BCUT2D eigenvalue weighted by Crippen LogP contribution is 2.21. The van der Waals surface area contributed by atoms with E-state index in [1.165, 1.54) is 24.2 Å². The summed E-state index contributed by atoms with van der Waals surface area (Å²) in [5.41, 5.74) is 1.09. The Bertz CT molecular complexity index is 546. The third kappa shape index (κ3) is 4.23. The fourth-order valence-electron chi connectivity index (χ4n) is 3.58. The number of thioether (sulfide) groups is 1. The molecule has 0 radical (unpaired) electrons. The van der Waals surface area contributed by atoms with Gasteiger partial charge in [-0.2, -0.15) is 0 Å². The van der Waals surface area contributed by atoms with Crippen molar-refractivity contribution in [2.45, 2.75) is 42.8 Å². The van der Waals surface area contributed by atoms with Gasteiger partial charge in [0.1, 0.15) is 0 Å². The number of benzene rings is 1. The molecule has 2 atom stereocenters. The second kappa shape index (κ2) is 8.23. The normalized spacial score (nSPS) is 25.0. The molecule has 0 saturated carbocycles. The van der Waals surface area contributed by atoms with E-state index in [2.05, 4.69) is 22.3 Å². The first-order valence-corrected chi connectivity index (χ1v) is 9.97. The number of aliphatic hydroxyl groups excluding tert-OH is 1. The molecule has 1 aromatic rings. The van der Waals surface area contributed by atoms with E-state index < -0.39 is 6.10 Å². The summed E-state index contributed by atoms with van der Waals surface area (Å²) < 4.78 is 0. The van der Waals surface area contributed by atoms with Gasteiger partial charge in [-0.15, -0.1) is 11.8 Å². The Kier molecular flexibility index (Phi) is 6.03. The lowest BCUT2D eigenvalue weighted by atomic mass is 10.1. The number of piperidine rings is 1. The molecule has 2 fully saturated rings. The van der Waals surface area contributed by atoms with Gasteiger partial charge in [-0.3, -0.25) is 4.90 Å². The first-order valence-electron chi connectivity index (χ1n) is 8.75. The van der Waals surface area contributed by atoms with Gasteiger partial charge >= 0.3 is 6.03 Å². The maximum absolute atomic E-state index is 12.4. The number of β-amino-alcohol motifs (C(OH)–C–C–N with tert-alkyl or cyclic N) is 1. The summed E-state index contributed by atoms with van der Waals surface area (Å²) >= 11 is 1.71. The molecule has 2 aliphatic rings. The summed E-state index contributed by atoms with van der Waals surface area (Å²) in [6, 6.07) is 8.23. The fraction of sp³-hybridized carbons (Fsp3) is 0.611. The van der Waals surface area contributed by atoms with Gasteiger partial charge in [-0.1, -0.05) is 18.6 Å². The standard InChI is InChI=1S/C18H27N3O2S/c1-24-15-7-5-14(6-8-15)11-19-18(23)21-12-16(17(22)13-21)20-9-3-2-4-10-20/h5-8,16-17,22H,2-4,9-13H2,1H3,(H,19,23)/t16-,17-/m0/s1. The predicted molar refractivity (Wildman–Crippen MR) is 97.3 cm³/mol. The molecule has 0 spiro atoms. The van der Waals surface area contributed by atoms with Crippen LogP contribution in [0.25, 0.3) is 0 Å². The van der Waals surface area contributed by atoms with Crippen molar-refractivity contribution in [1.82, 2.24) is 15.1 Å². The average molecular weight is 350 g/mol. The molecule has 3 rings (SSSR count). The molecule has 24 heavy (non-hydrogen) atoms. The average Bonchev–Trinajstić information content (AvgIpc) is 3.02. The van der Waals surface area contributed by atoms with Crippen molar-refractivity contribution >= 4 is 17.8 Å². The number of likely N-dealkylation sites (tertiary alicyclic amines) is 2. The Morgan fingerprint density at radius 3 is 2.58 bits per heavy atom. The van der Waals surface area contributed by atoms with E-state index in [1.807, 2.05) is 18.4 Å². The van der Waals surface area contributed by atoms with Crippen LogP contribution < -0.4 is 5.32 Å². The van der Waals surface area contributed by atoms with Gasteiger partial charge in [-0.05, 0) is 49.9 Å². The van der Waals surface area contributed by atoms with Crippen LogP contribution in [0.1, 0.15) is 24.8 Å². The summed E-state index contributed by atoms with van der Waals surface area (Å²) in [6.45, 7) is 3.66. The lowest BCUT2D eigenvalue weighted by Gasteiger charge is -2.33. The summed E-state index contributed by atoms with van der Waals surface area (Å²) in [7, 11) is 0. The topological polar surface area (TPSA) is 55.8 Å². The lowest BCUT2D eigenvalue weighted by molar-refractivity contribution is 0.0706. The highest BCUT2D eigenvalue weighted by Gasteiger charge is 2.37. The minimum absolute atomic E-state index is 0.0810. The van der Waals surface area contributed by atoms with E-state index in [0.717, 1.165) is 18.7 Å². The molecule has 0 unspecified atom stereocenters. The van der Waals surface area contributed by atoms with Gasteiger partial charge in [0.25, 0.3) is 0 Å². The van der Waals surface area contributed by atoms with E-state index in [-0.39, 0.29) is 12.1 Å². The largest absolute Gasteiger partial charge is 0.390 e. The third-order valence-electron chi connectivity index (χ3n) is 5.01. The number of urea groups is 1. The van der Waals surface area contributed by atoms with Crippen LogP contribution in [0.5, 0.6) is 0 Å². The summed E-state index contributed by atoms with van der Waals surface area (Å²) in [5, 5.41) is 13.3. The van der Waals surface area contributed by atoms with Crippen LogP contribution in [-0.2, 0) is 6.54 Å². The van der Waals surface area contributed by atoms with Crippen LogP contribution in [0, 0.1) is 0 Å². The van der Waals surface area contributed by atoms with E-state index in [0.29, 0.717) is 19.6 Å². The highest BCUT2D eigenvalue weighted by atomic mass is 32.2. The quantitative estimate of drug-likeness (QED) is 0.818. The van der Waals surface area contributed by atoms with Crippen molar-refractivity contribution in [1.29, 1.82) is 0 Å². The number of hydrogen-bond donors (Lipinski definition) is 2. The second-order valence-corrected chi connectivity index (χ2v) is 7.52. The first-order chi connectivity index (χ1) is 11.7. The number of amides is 2. The van der Waals surface area contributed by atoms with Gasteiger partial charge in [0.2, 0.25) is 0 Å². The van der Waals surface area contributed by atoms with E-state index in [1.54, 1.807) is 16.7 Å². The number of rotatable bonds is 4. The number of aliphatic hydroxyl groups is 1. The van der Waals surface area contributed by atoms with Gasteiger partial charge in [-0.25, -0.2) is 4.79 Å². The summed E-state index contributed by atoms with van der Waals surface area (Å²) in [4.78, 5) is 17.7. The van der Waals surface area contributed by atoms with Gasteiger partial charge in [0.15, 0.2) is 0 Å². The maximum Gasteiger partial charge on any atom is 0.317 e. The van der Waals surface area contributed by atoms with Crippen LogP contribution in [0.4, 0.5) is 4.79 Å². The molecule has 132 valence electrons. The monoisotopic (exact) mass is 349 g/mol. The van der Waals surface area contributed by atoms with Gasteiger partial charge < -0.3 is 15.3 Å². The Morgan fingerprint density at radius 1 is 1.21 bits per heavy atom. The van der Waals surface area contributed by atoms with Crippen molar-refractivity contribution in [3.05, 3.63) is 29.8 Å². The van der Waals surface area contributed by atoms with Crippen LogP contribution in [0.3, 0.4) is 0 Å². The van der Waals surface area contributed by atoms with E-state index in [9.17, 15) is 9.90 Å². The zero-order valence-corrected chi connectivity index (χ0v) is 15.1.